The van der Waals surface area contributed by atoms with Crippen LogP contribution >= 0.6 is 0 Å². The number of rotatable bonds is 3. The van der Waals surface area contributed by atoms with Crippen LogP contribution in [-0.4, -0.2) is 39.5 Å². The maximum Gasteiger partial charge on any atom is 0.129 e. The number of nitrogens with zero attached hydrogens (tertiary/aromatic N) is 3. The van der Waals surface area contributed by atoms with E-state index in [2.05, 4.69) is 46.1 Å². The van der Waals surface area contributed by atoms with Gasteiger partial charge in [0.25, 0.3) is 0 Å². The summed E-state index contributed by atoms with van der Waals surface area (Å²) < 4.78 is 7.94. The second kappa shape index (κ2) is 6.88. The molecule has 3 aliphatic rings. The fourth-order valence-corrected chi connectivity index (χ4v) is 5.08. The summed E-state index contributed by atoms with van der Waals surface area (Å²) in [5.74, 6) is 1.89. The van der Waals surface area contributed by atoms with Crippen molar-refractivity contribution in [1.29, 1.82) is 0 Å². The lowest BCUT2D eigenvalue weighted by atomic mass is 9.99. The summed E-state index contributed by atoms with van der Waals surface area (Å²) in [6, 6.07) is 14.4. The van der Waals surface area contributed by atoms with Crippen molar-refractivity contribution in [2.75, 3.05) is 11.9 Å². The van der Waals surface area contributed by atoms with Crippen molar-refractivity contribution < 1.29 is 4.74 Å². The molecule has 2 aromatic heterocycles. The van der Waals surface area contributed by atoms with Gasteiger partial charge in [0.2, 0.25) is 0 Å². The van der Waals surface area contributed by atoms with Crippen LogP contribution in [-0.2, 0) is 6.42 Å². The highest BCUT2D eigenvalue weighted by atomic mass is 16.5. The van der Waals surface area contributed by atoms with Crippen LogP contribution in [0.1, 0.15) is 31.4 Å². The quantitative estimate of drug-likeness (QED) is 0.719. The fourth-order valence-electron chi connectivity index (χ4n) is 5.08. The summed E-state index contributed by atoms with van der Waals surface area (Å²) in [5.41, 5.74) is 4.38. The van der Waals surface area contributed by atoms with E-state index in [1.807, 2.05) is 16.9 Å². The van der Waals surface area contributed by atoms with E-state index in [1.165, 1.54) is 31.2 Å². The fraction of sp³-hybridized carbons (Fsp3) is 0.391. The third-order valence-corrected chi connectivity index (χ3v) is 6.42. The van der Waals surface area contributed by atoms with Gasteiger partial charge < -0.3 is 15.4 Å². The van der Waals surface area contributed by atoms with Gasteiger partial charge in [-0.25, -0.2) is 9.67 Å². The number of fused-ring (bicyclic) bond motifs is 5. The maximum absolute atomic E-state index is 6.09. The number of anilines is 1. The van der Waals surface area contributed by atoms with Crippen LogP contribution in [0.15, 0.2) is 48.8 Å². The predicted octanol–water partition coefficient (Wildman–Crippen LogP) is 3.56. The van der Waals surface area contributed by atoms with Gasteiger partial charge in [-0.05, 0) is 56.0 Å². The number of hydrogen-bond donors (Lipinski definition) is 2. The second-order valence-electron chi connectivity index (χ2n) is 8.37. The number of hydrogen-bond acceptors (Lipinski definition) is 5. The summed E-state index contributed by atoms with van der Waals surface area (Å²) in [6.45, 7) is 0.635. The van der Waals surface area contributed by atoms with E-state index in [0.29, 0.717) is 24.7 Å². The highest BCUT2D eigenvalue weighted by molar-refractivity contribution is 5.75. The van der Waals surface area contributed by atoms with Gasteiger partial charge in [0, 0.05) is 54.1 Å². The Kier molecular flexibility index (Phi) is 4.04. The highest BCUT2D eigenvalue weighted by Crippen LogP contribution is 2.37. The van der Waals surface area contributed by atoms with E-state index >= 15 is 0 Å². The van der Waals surface area contributed by atoms with Crippen LogP contribution in [0.3, 0.4) is 0 Å². The van der Waals surface area contributed by atoms with Gasteiger partial charge in [-0.15, -0.1) is 0 Å². The standard InChI is InChI=1S/C23H25N5O/c1-9-24-28(10-1)18-4-5-20-19-6-7-23(27-21(19)8-11-29-22(20)14-18)26-17-12-15-2-3-16(13-17)25-15/h1,4-7,9-10,14-17,25H,2-3,8,11-13H2,(H,26,27)/t15-,16+,17+. The van der Waals surface area contributed by atoms with Crippen molar-refractivity contribution in [2.24, 2.45) is 0 Å². The van der Waals surface area contributed by atoms with Gasteiger partial charge >= 0.3 is 0 Å². The Hall–Kier alpha value is -2.86. The Morgan fingerprint density at radius 3 is 2.76 bits per heavy atom. The number of benzene rings is 1. The lowest BCUT2D eigenvalue weighted by Crippen LogP contribution is -2.43. The van der Waals surface area contributed by atoms with Crippen LogP contribution in [0.2, 0.25) is 0 Å². The molecule has 0 aliphatic carbocycles. The van der Waals surface area contributed by atoms with Crippen LogP contribution in [0.25, 0.3) is 16.8 Å². The van der Waals surface area contributed by atoms with Crippen LogP contribution < -0.4 is 15.4 Å². The maximum atomic E-state index is 6.09. The molecule has 2 fully saturated rings. The zero-order valence-corrected chi connectivity index (χ0v) is 16.3. The van der Waals surface area contributed by atoms with Crippen LogP contribution in [0, 0.1) is 0 Å². The molecule has 5 heterocycles. The average Bonchev–Trinajstić information content (AvgIpc) is 3.34. The van der Waals surface area contributed by atoms with E-state index in [-0.39, 0.29) is 0 Å². The van der Waals surface area contributed by atoms with Gasteiger partial charge in [-0.2, -0.15) is 5.10 Å². The molecule has 3 aromatic rings. The van der Waals surface area contributed by atoms with Gasteiger partial charge in [0.15, 0.2) is 0 Å². The van der Waals surface area contributed by atoms with Crippen molar-refractivity contribution in [3.63, 3.8) is 0 Å². The molecule has 6 heteroatoms. The van der Waals surface area contributed by atoms with Gasteiger partial charge in [0.1, 0.15) is 11.6 Å². The predicted molar refractivity (Wildman–Crippen MR) is 113 cm³/mol. The Morgan fingerprint density at radius 2 is 1.93 bits per heavy atom. The molecular weight excluding hydrogens is 362 g/mol. The molecule has 2 bridgehead atoms. The Morgan fingerprint density at radius 1 is 1.07 bits per heavy atom. The second-order valence-corrected chi connectivity index (χ2v) is 8.37. The topological polar surface area (TPSA) is 64.0 Å². The number of aromatic nitrogens is 3. The molecule has 0 radical (unpaired) electrons. The molecule has 0 saturated carbocycles. The molecule has 3 atom stereocenters. The summed E-state index contributed by atoms with van der Waals surface area (Å²) in [6.07, 6.45) is 9.56. The minimum atomic E-state index is 0.519. The molecule has 6 rings (SSSR count). The molecule has 1 aromatic carbocycles. The number of piperidine rings is 1. The van der Waals surface area contributed by atoms with Crippen LogP contribution in [0.5, 0.6) is 5.75 Å². The lowest BCUT2D eigenvalue weighted by molar-refractivity contribution is 0.325. The molecule has 148 valence electrons. The number of nitrogens with one attached hydrogen (secondary N) is 2. The van der Waals surface area contributed by atoms with Gasteiger partial charge in [-0.1, -0.05) is 0 Å². The molecule has 3 aliphatic heterocycles. The molecule has 6 nitrogen and oxygen atoms in total. The molecule has 0 unspecified atom stereocenters. The smallest absolute Gasteiger partial charge is 0.129 e. The van der Waals surface area contributed by atoms with E-state index in [4.69, 9.17) is 9.72 Å². The zero-order chi connectivity index (χ0) is 19.2. The first-order chi connectivity index (χ1) is 14.3. The van der Waals surface area contributed by atoms with Crippen molar-refractivity contribution >= 4 is 5.82 Å². The highest BCUT2D eigenvalue weighted by Gasteiger charge is 2.33. The minimum absolute atomic E-state index is 0.519. The van der Waals surface area contributed by atoms with E-state index in [1.54, 1.807) is 6.20 Å². The molecule has 29 heavy (non-hydrogen) atoms. The largest absolute Gasteiger partial charge is 0.492 e. The monoisotopic (exact) mass is 387 g/mol. The molecule has 0 spiro atoms. The zero-order valence-electron chi connectivity index (χ0n) is 16.3. The van der Waals surface area contributed by atoms with Crippen molar-refractivity contribution in [3.05, 3.63) is 54.5 Å². The normalized spacial score (nSPS) is 24.9. The van der Waals surface area contributed by atoms with Gasteiger partial charge in [0.05, 0.1) is 18.0 Å². The number of pyridine rings is 1. The lowest BCUT2D eigenvalue weighted by Gasteiger charge is -2.30. The van der Waals surface area contributed by atoms with Crippen LogP contribution in [0.4, 0.5) is 5.82 Å². The molecule has 2 saturated heterocycles. The first kappa shape index (κ1) is 17.0. The van der Waals surface area contributed by atoms with Crippen molar-refractivity contribution in [2.45, 2.75) is 50.2 Å². The van der Waals surface area contributed by atoms with E-state index in [9.17, 15) is 0 Å². The average molecular weight is 387 g/mol. The third-order valence-electron chi connectivity index (χ3n) is 6.42. The Bertz CT molecular complexity index is 1020. The first-order valence-electron chi connectivity index (χ1n) is 10.6. The van der Waals surface area contributed by atoms with E-state index < -0.39 is 0 Å². The third kappa shape index (κ3) is 3.17. The van der Waals surface area contributed by atoms with Crippen molar-refractivity contribution in [3.8, 4) is 22.6 Å². The Balaban J connectivity index is 1.28. The first-order valence-corrected chi connectivity index (χ1v) is 10.6. The van der Waals surface area contributed by atoms with Crippen molar-refractivity contribution in [1.82, 2.24) is 20.1 Å². The summed E-state index contributed by atoms with van der Waals surface area (Å²) in [7, 11) is 0. The summed E-state index contributed by atoms with van der Waals surface area (Å²) >= 11 is 0. The van der Waals surface area contributed by atoms with E-state index in [0.717, 1.165) is 34.9 Å². The Labute approximate surface area is 170 Å². The molecule has 0 amide bonds. The number of ether oxygens (including phenoxy) is 1. The minimum Gasteiger partial charge on any atom is -0.492 e. The van der Waals surface area contributed by atoms with Gasteiger partial charge in [-0.3, -0.25) is 0 Å². The molecular formula is C23H25N5O. The SMILES string of the molecule is c1cnn(-c2ccc3c(c2)OCCc2nc(N[C@H]4C[C@H]5CC[C@@H](C4)N5)ccc2-3)c1. The molecule has 2 N–H and O–H groups in total. The summed E-state index contributed by atoms with van der Waals surface area (Å²) in [4.78, 5) is 4.98. The summed E-state index contributed by atoms with van der Waals surface area (Å²) in [5, 5.41) is 11.7.